The Morgan fingerprint density at radius 3 is 2.58 bits per heavy atom. The standard InChI is InChI=1S/C17H25ClN4O2/c18-15-2-1-3-16(14-15)21-6-8-22(9-7-21)17(23)19-4-5-20-10-12-24-13-11-20/h1-3,14H,4-13H2,(H,19,23). The Kier molecular flexibility index (Phi) is 6.18. The maximum absolute atomic E-state index is 12.3. The molecule has 0 unspecified atom stereocenters. The maximum atomic E-state index is 12.3. The van der Waals surface area contributed by atoms with Crippen LogP contribution in [0.25, 0.3) is 0 Å². The zero-order valence-electron chi connectivity index (χ0n) is 13.9. The minimum Gasteiger partial charge on any atom is -0.379 e. The molecule has 3 rings (SSSR count). The molecule has 0 aliphatic carbocycles. The summed E-state index contributed by atoms with van der Waals surface area (Å²) < 4.78 is 5.33. The summed E-state index contributed by atoms with van der Waals surface area (Å²) in [6.45, 7) is 8.19. The number of amides is 2. The lowest BCUT2D eigenvalue weighted by molar-refractivity contribution is 0.0386. The molecule has 0 spiro atoms. The van der Waals surface area contributed by atoms with E-state index in [1.807, 2.05) is 23.1 Å². The molecule has 0 atom stereocenters. The Bertz CT molecular complexity index is 543. The van der Waals surface area contributed by atoms with Crippen molar-refractivity contribution in [3.05, 3.63) is 29.3 Å². The van der Waals surface area contributed by atoms with Gasteiger partial charge in [-0.3, -0.25) is 4.90 Å². The van der Waals surface area contributed by atoms with Crippen LogP contribution in [0, 0.1) is 0 Å². The number of anilines is 1. The van der Waals surface area contributed by atoms with Crippen molar-refractivity contribution in [2.75, 3.05) is 70.5 Å². The number of hydrogen-bond donors (Lipinski definition) is 1. The van der Waals surface area contributed by atoms with Crippen molar-refractivity contribution in [1.82, 2.24) is 15.1 Å². The van der Waals surface area contributed by atoms with E-state index >= 15 is 0 Å². The van der Waals surface area contributed by atoms with Crippen LogP contribution in [-0.2, 0) is 4.74 Å². The first-order valence-corrected chi connectivity index (χ1v) is 8.93. The van der Waals surface area contributed by atoms with E-state index in [9.17, 15) is 4.79 Å². The molecule has 2 aliphatic rings. The first kappa shape index (κ1) is 17.3. The lowest BCUT2D eigenvalue weighted by Gasteiger charge is -2.36. The Hall–Kier alpha value is -1.50. The number of carbonyl (C=O) groups is 1. The molecule has 0 radical (unpaired) electrons. The van der Waals surface area contributed by atoms with Gasteiger partial charge < -0.3 is 19.9 Å². The highest BCUT2D eigenvalue weighted by molar-refractivity contribution is 6.30. The number of nitrogens with zero attached hydrogens (tertiary/aromatic N) is 3. The summed E-state index contributed by atoms with van der Waals surface area (Å²) >= 11 is 6.05. The van der Waals surface area contributed by atoms with E-state index in [1.54, 1.807) is 0 Å². The van der Waals surface area contributed by atoms with E-state index in [-0.39, 0.29) is 6.03 Å². The molecule has 0 aromatic heterocycles. The van der Waals surface area contributed by atoms with Crippen LogP contribution in [0.3, 0.4) is 0 Å². The molecule has 1 aromatic rings. The molecule has 6 nitrogen and oxygen atoms in total. The lowest BCUT2D eigenvalue weighted by atomic mass is 10.2. The fraction of sp³-hybridized carbons (Fsp3) is 0.588. The molecule has 0 saturated carbocycles. The molecule has 1 N–H and O–H groups in total. The van der Waals surface area contributed by atoms with Gasteiger partial charge in [-0.2, -0.15) is 0 Å². The quantitative estimate of drug-likeness (QED) is 0.892. The number of carbonyl (C=O) groups excluding carboxylic acids is 1. The van der Waals surface area contributed by atoms with Crippen molar-refractivity contribution < 1.29 is 9.53 Å². The van der Waals surface area contributed by atoms with Gasteiger partial charge in [0.25, 0.3) is 0 Å². The number of piperazine rings is 1. The number of ether oxygens (including phenoxy) is 1. The third-order valence-electron chi connectivity index (χ3n) is 4.55. The highest BCUT2D eigenvalue weighted by Gasteiger charge is 2.21. The number of hydrogen-bond acceptors (Lipinski definition) is 4. The van der Waals surface area contributed by atoms with Gasteiger partial charge in [0.05, 0.1) is 13.2 Å². The van der Waals surface area contributed by atoms with Gasteiger partial charge in [0.2, 0.25) is 0 Å². The third kappa shape index (κ3) is 4.75. The second kappa shape index (κ2) is 8.55. The summed E-state index contributed by atoms with van der Waals surface area (Å²) in [6.07, 6.45) is 0. The summed E-state index contributed by atoms with van der Waals surface area (Å²) in [5.41, 5.74) is 1.12. The molecule has 2 heterocycles. The number of benzene rings is 1. The van der Waals surface area contributed by atoms with Crippen LogP contribution in [0.4, 0.5) is 10.5 Å². The molecule has 2 saturated heterocycles. The summed E-state index contributed by atoms with van der Waals surface area (Å²) in [5, 5.41) is 3.77. The van der Waals surface area contributed by atoms with Crippen LogP contribution in [0.2, 0.25) is 5.02 Å². The van der Waals surface area contributed by atoms with Gasteiger partial charge in [-0.25, -0.2) is 4.79 Å². The first-order valence-electron chi connectivity index (χ1n) is 8.56. The second-order valence-corrected chi connectivity index (χ2v) is 6.58. The number of nitrogens with one attached hydrogen (secondary N) is 1. The number of morpholine rings is 1. The topological polar surface area (TPSA) is 48.1 Å². The summed E-state index contributed by atoms with van der Waals surface area (Å²) in [5.74, 6) is 0. The van der Waals surface area contributed by atoms with E-state index < -0.39 is 0 Å². The smallest absolute Gasteiger partial charge is 0.317 e. The van der Waals surface area contributed by atoms with Crippen LogP contribution >= 0.6 is 11.6 Å². The SMILES string of the molecule is O=C(NCCN1CCOCC1)N1CCN(c2cccc(Cl)c2)CC1. The zero-order valence-corrected chi connectivity index (χ0v) is 14.7. The monoisotopic (exact) mass is 352 g/mol. The van der Waals surface area contributed by atoms with Gasteiger partial charge in [-0.1, -0.05) is 17.7 Å². The largest absolute Gasteiger partial charge is 0.379 e. The maximum Gasteiger partial charge on any atom is 0.317 e. The molecule has 24 heavy (non-hydrogen) atoms. The highest BCUT2D eigenvalue weighted by Crippen LogP contribution is 2.20. The minimum atomic E-state index is 0.0361. The van der Waals surface area contributed by atoms with Crippen LogP contribution < -0.4 is 10.2 Å². The van der Waals surface area contributed by atoms with Crippen LogP contribution in [0.15, 0.2) is 24.3 Å². The highest BCUT2D eigenvalue weighted by atomic mass is 35.5. The molecule has 1 aromatic carbocycles. The average Bonchev–Trinajstić information content (AvgIpc) is 2.63. The molecular formula is C17H25ClN4O2. The van der Waals surface area contributed by atoms with Gasteiger partial charge in [-0.05, 0) is 18.2 Å². The van der Waals surface area contributed by atoms with Crippen molar-refractivity contribution >= 4 is 23.3 Å². The van der Waals surface area contributed by atoms with Gasteiger partial charge in [0, 0.05) is 63.1 Å². The predicted molar refractivity (Wildman–Crippen MR) is 95.9 cm³/mol. The second-order valence-electron chi connectivity index (χ2n) is 6.14. The van der Waals surface area contributed by atoms with Crippen LogP contribution in [0.5, 0.6) is 0 Å². The van der Waals surface area contributed by atoms with E-state index in [2.05, 4.69) is 21.2 Å². The van der Waals surface area contributed by atoms with Crippen molar-refractivity contribution in [3.63, 3.8) is 0 Å². The average molecular weight is 353 g/mol. The molecule has 2 fully saturated rings. The molecule has 132 valence electrons. The summed E-state index contributed by atoms with van der Waals surface area (Å²) in [7, 11) is 0. The van der Waals surface area contributed by atoms with E-state index in [4.69, 9.17) is 16.3 Å². The predicted octanol–water partition coefficient (Wildman–Crippen LogP) is 1.50. The van der Waals surface area contributed by atoms with Crippen molar-refractivity contribution in [3.8, 4) is 0 Å². The fourth-order valence-corrected chi connectivity index (χ4v) is 3.28. The van der Waals surface area contributed by atoms with Crippen LogP contribution in [-0.4, -0.2) is 81.4 Å². The molecular weight excluding hydrogens is 328 g/mol. The number of urea groups is 1. The molecule has 0 bridgehead atoms. The number of halogens is 1. The third-order valence-corrected chi connectivity index (χ3v) is 4.78. The van der Waals surface area contributed by atoms with Crippen molar-refractivity contribution in [2.45, 2.75) is 0 Å². The summed E-state index contributed by atoms with van der Waals surface area (Å²) in [6, 6.07) is 7.91. The van der Waals surface area contributed by atoms with Crippen molar-refractivity contribution in [1.29, 1.82) is 0 Å². The molecule has 2 aliphatic heterocycles. The van der Waals surface area contributed by atoms with Gasteiger partial charge in [0.1, 0.15) is 0 Å². The van der Waals surface area contributed by atoms with E-state index in [1.165, 1.54) is 0 Å². The Balaban J connectivity index is 1.38. The summed E-state index contributed by atoms with van der Waals surface area (Å²) in [4.78, 5) is 18.7. The van der Waals surface area contributed by atoms with Gasteiger partial charge >= 0.3 is 6.03 Å². The van der Waals surface area contributed by atoms with E-state index in [0.717, 1.165) is 69.7 Å². The normalized spacial score (nSPS) is 19.4. The Labute approximate surface area is 148 Å². The Morgan fingerprint density at radius 1 is 1.12 bits per heavy atom. The fourth-order valence-electron chi connectivity index (χ4n) is 3.10. The van der Waals surface area contributed by atoms with Gasteiger partial charge in [-0.15, -0.1) is 0 Å². The van der Waals surface area contributed by atoms with E-state index in [0.29, 0.717) is 6.54 Å². The minimum absolute atomic E-state index is 0.0361. The van der Waals surface area contributed by atoms with Gasteiger partial charge in [0.15, 0.2) is 0 Å². The zero-order chi connectivity index (χ0) is 16.8. The van der Waals surface area contributed by atoms with Crippen LogP contribution in [0.1, 0.15) is 0 Å². The first-order chi connectivity index (χ1) is 11.7. The number of rotatable bonds is 4. The molecule has 7 heteroatoms. The molecule has 2 amide bonds. The van der Waals surface area contributed by atoms with Crippen molar-refractivity contribution in [2.24, 2.45) is 0 Å². The Morgan fingerprint density at radius 2 is 1.88 bits per heavy atom. The lowest BCUT2D eigenvalue weighted by Crippen LogP contribution is -2.52.